The van der Waals surface area contributed by atoms with Gasteiger partial charge in [-0.25, -0.2) is 0 Å². The van der Waals surface area contributed by atoms with Crippen molar-refractivity contribution in [3.63, 3.8) is 0 Å². The van der Waals surface area contributed by atoms with Crippen molar-refractivity contribution >= 4 is 46.1 Å². The second kappa shape index (κ2) is 8.59. The van der Waals surface area contributed by atoms with Crippen LogP contribution in [0.3, 0.4) is 0 Å². The molecule has 5 rings (SSSR count). The van der Waals surface area contributed by atoms with Crippen molar-refractivity contribution in [3.05, 3.63) is 107 Å². The zero-order valence-electron chi connectivity index (χ0n) is 17.2. The number of hydrogen-bond acceptors (Lipinski definition) is 2. The molecule has 158 valence electrons. The van der Waals surface area contributed by atoms with E-state index in [1.54, 1.807) is 24.1 Å². The summed E-state index contributed by atoms with van der Waals surface area (Å²) < 4.78 is 2.22. The van der Waals surface area contributed by atoms with Crippen molar-refractivity contribution in [1.82, 2.24) is 3.97 Å². The number of halogens is 2. The number of aryl methyl sites for hydroxylation is 1. The highest BCUT2D eigenvalue weighted by atomic mass is 35.5. The van der Waals surface area contributed by atoms with E-state index in [9.17, 15) is 5.11 Å². The molecule has 0 aliphatic carbocycles. The molecule has 5 aromatic rings. The molecule has 0 saturated heterocycles. The van der Waals surface area contributed by atoms with E-state index in [1.165, 1.54) is 5.56 Å². The molecule has 0 saturated carbocycles. The minimum absolute atomic E-state index is 0.227. The Morgan fingerprint density at radius 2 is 1.53 bits per heavy atom. The summed E-state index contributed by atoms with van der Waals surface area (Å²) in [6.45, 7) is 2.08. The summed E-state index contributed by atoms with van der Waals surface area (Å²) in [4.78, 5) is 1.12. The molecule has 32 heavy (non-hydrogen) atoms. The Labute approximate surface area is 201 Å². The lowest BCUT2D eigenvalue weighted by molar-refractivity contribution is 0.475. The van der Waals surface area contributed by atoms with Gasteiger partial charge in [0.05, 0.1) is 11.2 Å². The van der Waals surface area contributed by atoms with E-state index in [-0.39, 0.29) is 5.75 Å². The fraction of sp³-hybridized carbons (Fsp3) is 0.0370. The Morgan fingerprint density at radius 3 is 2.25 bits per heavy atom. The lowest BCUT2D eigenvalue weighted by Crippen LogP contribution is -1.92. The monoisotopic (exact) mass is 475 g/mol. The van der Waals surface area contributed by atoms with Gasteiger partial charge in [0, 0.05) is 31.5 Å². The zero-order chi connectivity index (χ0) is 22.2. The lowest BCUT2D eigenvalue weighted by Gasteiger charge is -2.13. The lowest BCUT2D eigenvalue weighted by atomic mass is 9.98. The number of nitrogens with zero attached hydrogens (tertiary/aromatic N) is 1. The van der Waals surface area contributed by atoms with Gasteiger partial charge < -0.3 is 5.11 Å². The number of fused-ring (bicyclic) bond motifs is 1. The molecule has 0 radical (unpaired) electrons. The van der Waals surface area contributed by atoms with E-state index in [2.05, 4.69) is 35.2 Å². The summed E-state index contributed by atoms with van der Waals surface area (Å²) in [6, 6.07) is 29.5. The smallest absolute Gasteiger partial charge is 0.115 e. The topological polar surface area (TPSA) is 25.2 Å². The second-order valence-corrected chi connectivity index (χ2v) is 9.47. The Bertz CT molecular complexity index is 1420. The fourth-order valence-corrected chi connectivity index (χ4v) is 5.27. The Morgan fingerprint density at radius 1 is 0.812 bits per heavy atom. The van der Waals surface area contributed by atoms with Gasteiger partial charge in [-0.2, -0.15) is 0 Å². The van der Waals surface area contributed by atoms with Crippen molar-refractivity contribution in [3.8, 4) is 28.1 Å². The van der Waals surface area contributed by atoms with E-state index < -0.39 is 0 Å². The minimum Gasteiger partial charge on any atom is -0.508 e. The minimum atomic E-state index is 0.227. The van der Waals surface area contributed by atoms with Crippen LogP contribution >= 0.6 is 35.1 Å². The maximum Gasteiger partial charge on any atom is 0.115 e. The molecule has 1 N–H and O–H groups in total. The Hall–Kier alpha value is -2.85. The van der Waals surface area contributed by atoms with Gasteiger partial charge in [0.25, 0.3) is 0 Å². The average molecular weight is 476 g/mol. The summed E-state index contributed by atoms with van der Waals surface area (Å²) in [7, 11) is 0. The molecule has 0 unspecified atom stereocenters. The van der Waals surface area contributed by atoms with Crippen LogP contribution in [0.15, 0.2) is 95.9 Å². The zero-order valence-corrected chi connectivity index (χ0v) is 19.5. The summed E-state index contributed by atoms with van der Waals surface area (Å²) in [6.07, 6.45) is 0. The van der Waals surface area contributed by atoms with Crippen molar-refractivity contribution in [2.24, 2.45) is 0 Å². The number of hydrogen-bond donors (Lipinski definition) is 1. The Balaban J connectivity index is 1.87. The maximum absolute atomic E-state index is 9.89. The van der Waals surface area contributed by atoms with E-state index in [1.807, 2.05) is 54.6 Å². The van der Waals surface area contributed by atoms with Crippen LogP contribution in [-0.2, 0) is 0 Å². The van der Waals surface area contributed by atoms with E-state index in [4.69, 9.17) is 23.2 Å². The molecule has 5 heteroatoms. The van der Waals surface area contributed by atoms with E-state index in [0.29, 0.717) is 10.0 Å². The van der Waals surface area contributed by atoms with Crippen molar-refractivity contribution in [2.75, 3.05) is 0 Å². The van der Waals surface area contributed by atoms with Gasteiger partial charge in [0.15, 0.2) is 0 Å². The molecule has 0 spiro atoms. The molecule has 4 aromatic carbocycles. The molecule has 0 amide bonds. The first-order valence-corrected chi connectivity index (χ1v) is 11.7. The third kappa shape index (κ3) is 3.88. The van der Waals surface area contributed by atoms with Crippen LogP contribution < -0.4 is 0 Å². The van der Waals surface area contributed by atoms with E-state index in [0.717, 1.165) is 38.2 Å². The van der Waals surface area contributed by atoms with Gasteiger partial charge in [-0.3, -0.25) is 3.97 Å². The predicted molar refractivity (Wildman–Crippen MR) is 137 cm³/mol. The first-order chi connectivity index (χ1) is 15.5. The molecule has 1 aromatic heterocycles. The third-order valence-corrected chi connectivity index (χ3v) is 7.00. The molecule has 0 aliphatic rings. The molecule has 0 aliphatic heterocycles. The predicted octanol–water partition coefficient (Wildman–Crippen LogP) is 8.85. The highest BCUT2D eigenvalue weighted by molar-refractivity contribution is 7.98. The number of aromatic nitrogens is 1. The molecule has 0 fully saturated rings. The quantitative estimate of drug-likeness (QED) is 0.280. The number of benzene rings is 4. The summed E-state index contributed by atoms with van der Waals surface area (Å²) >= 11 is 14.8. The molecule has 1 heterocycles. The number of rotatable bonds is 4. The normalized spacial score (nSPS) is 11.2. The average Bonchev–Trinajstić information content (AvgIpc) is 3.09. The SMILES string of the molecule is Cc1ccc(Sn2c(-c3ccc(O)cc3)c(-c3ccccc3Cl)c3cc(Cl)ccc32)cc1. The van der Waals surface area contributed by atoms with Gasteiger partial charge in [0.1, 0.15) is 5.75 Å². The summed E-state index contributed by atoms with van der Waals surface area (Å²) in [5.41, 5.74) is 6.18. The first-order valence-electron chi connectivity index (χ1n) is 10.1. The number of aromatic hydroxyl groups is 1. The van der Waals surface area contributed by atoms with Crippen LogP contribution in [0.1, 0.15) is 5.56 Å². The van der Waals surface area contributed by atoms with Crippen molar-refractivity contribution in [2.45, 2.75) is 11.8 Å². The molecular weight excluding hydrogens is 457 g/mol. The molecule has 0 bridgehead atoms. The summed E-state index contributed by atoms with van der Waals surface area (Å²) in [5, 5.41) is 12.3. The summed E-state index contributed by atoms with van der Waals surface area (Å²) in [5.74, 6) is 0.227. The molecular formula is C27H19Cl2NOS. The highest BCUT2D eigenvalue weighted by Crippen LogP contribution is 2.47. The van der Waals surface area contributed by atoms with Crippen LogP contribution in [0, 0.1) is 6.92 Å². The van der Waals surface area contributed by atoms with E-state index >= 15 is 0 Å². The van der Waals surface area contributed by atoms with Crippen LogP contribution in [-0.4, -0.2) is 9.08 Å². The van der Waals surface area contributed by atoms with Gasteiger partial charge in [0.2, 0.25) is 0 Å². The van der Waals surface area contributed by atoms with Gasteiger partial charge >= 0.3 is 0 Å². The highest BCUT2D eigenvalue weighted by Gasteiger charge is 2.22. The van der Waals surface area contributed by atoms with Gasteiger partial charge in [-0.15, -0.1) is 0 Å². The number of phenolic OH excluding ortho intramolecular Hbond substituents is 1. The largest absolute Gasteiger partial charge is 0.508 e. The first kappa shape index (κ1) is 21.0. The standard InChI is InChI=1S/C27H19Cl2NOS/c1-17-6-13-21(14-7-17)32-30-25-15-10-19(28)16-23(25)26(22-4-2-3-5-24(22)29)27(30)18-8-11-20(31)12-9-18/h2-16,31H,1H3. The molecule has 0 atom stereocenters. The van der Waals surface area contributed by atoms with Crippen molar-refractivity contribution in [1.29, 1.82) is 0 Å². The third-order valence-electron chi connectivity index (χ3n) is 5.39. The van der Waals surface area contributed by atoms with Crippen molar-refractivity contribution < 1.29 is 5.11 Å². The van der Waals surface area contributed by atoms with Crippen LogP contribution in [0.2, 0.25) is 10.0 Å². The fourth-order valence-electron chi connectivity index (χ4n) is 3.85. The Kier molecular flexibility index (Phi) is 5.64. The number of phenols is 1. The van der Waals surface area contributed by atoms with Crippen LogP contribution in [0.5, 0.6) is 5.75 Å². The van der Waals surface area contributed by atoms with Crippen LogP contribution in [0.25, 0.3) is 33.3 Å². The maximum atomic E-state index is 9.89. The van der Waals surface area contributed by atoms with Crippen LogP contribution in [0.4, 0.5) is 0 Å². The second-order valence-electron chi connectivity index (χ2n) is 7.61. The van der Waals surface area contributed by atoms with Gasteiger partial charge in [-0.05, 0) is 85.1 Å². The van der Waals surface area contributed by atoms with Gasteiger partial charge in [-0.1, -0.05) is 59.1 Å². The molecule has 2 nitrogen and oxygen atoms in total.